The Morgan fingerprint density at radius 1 is 1.00 bits per heavy atom. The second-order valence-corrected chi connectivity index (χ2v) is 10.1. The van der Waals surface area contributed by atoms with Crippen molar-refractivity contribution in [2.24, 2.45) is 0 Å². The number of unbranched alkanes of at least 4 members (excludes halogenated alkanes) is 1. The number of pyridine rings is 1. The summed E-state index contributed by atoms with van der Waals surface area (Å²) in [4.78, 5) is 41.6. The summed E-state index contributed by atoms with van der Waals surface area (Å²) in [5.41, 5.74) is 1.18. The van der Waals surface area contributed by atoms with Gasteiger partial charge in [0.15, 0.2) is 0 Å². The number of carbonyl (C=O) groups excluding carboxylic acids is 3. The van der Waals surface area contributed by atoms with Crippen LogP contribution in [0.2, 0.25) is 0 Å². The van der Waals surface area contributed by atoms with Crippen LogP contribution in [0.5, 0.6) is 0 Å². The number of carbonyl (C=O) groups is 3. The third-order valence-corrected chi connectivity index (χ3v) is 6.95. The van der Waals surface area contributed by atoms with Gasteiger partial charge in [0.25, 0.3) is 5.91 Å². The number of rotatable bonds is 15. The highest BCUT2D eigenvalue weighted by Crippen LogP contribution is 2.13. The summed E-state index contributed by atoms with van der Waals surface area (Å²) in [6, 6.07) is 10.0. The largest absolute Gasteiger partial charge is 0.388 e. The van der Waals surface area contributed by atoms with Gasteiger partial charge in [0, 0.05) is 25.1 Å². The first-order valence-electron chi connectivity index (χ1n) is 12.5. The van der Waals surface area contributed by atoms with Crippen molar-refractivity contribution in [3.05, 3.63) is 66.0 Å². The van der Waals surface area contributed by atoms with Gasteiger partial charge >= 0.3 is 0 Å². The first-order chi connectivity index (χ1) is 17.7. The van der Waals surface area contributed by atoms with Crippen molar-refractivity contribution in [3.63, 3.8) is 0 Å². The topological polar surface area (TPSA) is 141 Å². The number of hydrogen-bond acceptors (Lipinski definition) is 7. The van der Waals surface area contributed by atoms with Gasteiger partial charge in [-0.25, -0.2) is 0 Å². The van der Waals surface area contributed by atoms with Crippen molar-refractivity contribution in [1.29, 1.82) is 0 Å². The molecule has 0 fully saturated rings. The molecular formula is C27H38N4O5S. The van der Waals surface area contributed by atoms with E-state index < -0.39 is 42.1 Å². The minimum atomic E-state index is -1.38. The number of aliphatic hydroxyl groups excluding tert-OH is 2. The highest BCUT2D eigenvalue weighted by molar-refractivity contribution is 7.99. The van der Waals surface area contributed by atoms with E-state index in [-0.39, 0.29) is 12.3 Å². The lowest BCUT2D eigenvalue weighted by Crippen LogP contribution is -2.58. The van der Waals surface area contributed by atoms with Gasteiger partial charge in [-0.15, -0.1) is 0 Å². The van der Waals surface area contributed by atoms with Crippen LogP contribution in [0.4, 0.5) is 0 Å². The van der Waals surface area contributed by atoms with E-state index in [1.165, 1.54) is 13.1 Å². The molecule has 0 spiro atoms. The molecule has 0 bridgehead atoms. The molecule has 3 amide bonds. The lowest BCUT2D eigenvalue weighted by molar-refractivity contribution is -0.126. The average molecular weight is 531 g/mol. The van der Waals surface area contributed by atoms with E-state index in [1.807, 2.05) is 30.3 Å². The molecule has 5 atom stereocenters. The molecule has 202 valence electrons. The van der Waals surface area contributed by atoms with E-state index >= 15 is 0 Å². The Labute approximate surface area is 222 Å². The van der Waals surface area contributed by atoms with Crippen LogP contribution in [-0.2, 0) is 16.0 Å². The van der Waals surface area contributed by atoms with Crippen LogP contribution in [0.25, 0.3) is 0 Å². The maximum absolute atomic E-state index is 13.4. The SMILES string of the molecule is CCCCSC[C@@H](NC(=O)c1cccnc1)C(=O)N[C@@H](Cc1ccccc1)[C@@H](O)[C@H](O)[C@@H](C)NC(C)=O. The molecule has 0 radical (unpaired) electrons. The summed E-state index contributed by atoms with van der Waals surface area (Å²) in [6.07, 6.45) is 2.51. The predicted octanol–water partition coefficient (Wildman–Crippen LogP) is 1.69. The van der Waals surface area contributed by atoms with Gasteiger partial charge in [0.2, 0.25) is 11.8 Å². The number of hydrogen-bond donors (Lipinski definition) is 5. The van der Waals surface area contributed by atoms with Crippen molar-refractivity contribution < 1.29 is 24.6 Å². The summed E-state index contributed by atoms with van der Waals surface area (Å²) >= 11 is 1.56. The summed E-state index contributed by atoms with van der Waals surface area (Å²) in [5, 5.41) is 30.0. The monoisotopic (exact) mass is 530 g/mol. The van der Waals surface area contributed by atoms with Gasteiger partial charge in [-0.1, -0.05) is 43.7 Å². The smallest absolute Gasteiger partial charge is 0.253 e. The normalized spacial score (nSPS) is 15.1. The number of benzene rings is 1. The standard InChI is InChI=1S/C27H38N4O5S/c1-4-5-14-37-17-23(31-26(35)21-12-9-13-28-16-21)27(36)30-22(15-20-10-7-6-8-11-20)25(34)24(33)18(2)29-19(3)32/h6-13,16,18,22-25,33-34H,4-5,14-15,17H2,1-3H3,(H,29,32)(H,30,36)(H,31,35)/t18-,22+,23-,24-,25-/m1/s1. The number of amides is 3. The molecule has 1 aromatic heterocycles. The summed E-state index contributed by atoms with van der Waals surface area (Å²) in [6.45, 7) is 4.99. The number of aliphatic hydroxyl groups is 2. The molecule has 1 aromatic carbocycles. The molecule has 2 rings (SSSR count). The number of thioether (sulfide) groups is 1. The Kier molecular flexibility index (Phi) is 13.1. The van der Waals surface area contributed by atoms with Gasteiger partial charge in [-0.3, -0.25) is 19.4 Å². The minimum absolute atomic E-state index is 0.240. The van der Waals surface area contributed by atoms with Gasteiger partial charge in [0.1, 0.15) is 18.2 Å². The fourth-order valence-corrected chi connectivity index (χ4v) is 4.85. The highest BCUT2D eigenvalue weighted by atomic mass is 32.2. The molecule has 0 aliphatic rings. The average Bonchev–Trinajstić information content (AvgIpc) is 2.89. The quantitative estimate of drug-likeness (QED) is 0.221. The van der Waals surface area contributed by atoms with Crippen LogP contribution in [0.15, 0.2) is 54.9 Å². The maximum Gasteiger partial charge on any atom is 0.253 e. The molecule has 9 nitrogen and oxygen atoms in total. The first-order valence-corrected chi connectivity index (χ1v) is 13.6. The number of aromatic nitrogens is 1. The van der Waals surface area contributed by atoms with E-state index in [4.69, 9.17) is 0 Å². The van der Waals surface area contributed by atoms with Gasteiger partial charge in [-0.05, 0) is 43.2 Å². The highest BCUT2D eigenvalue weighted by Gasteiger charge is 2.33. The van der Waals surface area contributed by atoms with Crippen LogP contribution >= 0.6 is 11.8 Å². The Bertz CT molecular complexity index is 979. The van der Waals surface area contributed by atoms with E-state index in [2.05, 4.69) is 27.9 Å². The molecule has 37 heavy (non-hydrogen) atoms. The van der Waals surface area contributed by atoms with Crippen LogP contribution < -0.4 is 16.0 Å². The van der Waals surface area contributed by atoms with E-state index in [0.29, 0.717) is 11.3 Å². The van der Waals surface area contributed by atoms with Gasteiger partial charge in [0.05, 0.1) is 17.6 Å². The Morgan fingerprint density at radius 2 is 1.73 bits per heavy atom. The fraction of sp³-hybridized carbons (Fsp3) is 0.481. The summed E-state index contributed by atoms with van der Waals surface area (Å²) < 4.78 is 0. The van der Waals surface area contributed by atoms with Gasteiger partial charge < -0.3 is 26.2 Å². The fourth-order valence-electron chi connectivity index (χ4n) is 3.72. The van der Waals surface area contributed by atoms with Crippen LogP contribution in [0.1, 0.15) is 49.5 Å². The zero-order valence-corrected chi connectivity index (χ0v) is 22.4. The van der Waals surface area contributed by atoms with Gasteiger partial charge in [-0.2, -0.15) is 11.8 Å². The Hall–Kier alpha value is -2.95. The zero-order valence-electron chi connectivity index (χ0n) is 21.6. The van der Waals surface area contributed by atoms with Crippen LogP contribution in [0, 0.1) is 0 Å². The van der Waals surface area contributed by atoms with Crippen LogP contribution in [-0.4, -0.2) is 74.8 Å². The van der Waals surface area contributed by atoms with Crippen molar-refractivity contribution in [2.45, 2.75) is 70.4 Å². The van der Waals surface area contributed by atoms with Crippen molar-refractivity contribution >= 4 is 29.5 Å². The molecule has 10 heteroatoms. The molecule has 0 aliphatic carbocycles. The molecule has 5 N–H and O–H groups in total. The van der Waals surface area contributed by atoms with Crippen molar-refractivity contribution in [2.75, 3.05) is 11.5 Å². The lowest BCUT2D eigenvalue weighted by Gasteiger charge is -2.32. The molecule has 2 aromatic rings. The molecule has 0 saturated heterocycles. The summed E-state index contributed by atoms with van der Waals surface area (Å²) in [7, 11) is 0. The van der Waals surface area contributed by atoms with E-state index in [0.717, 1.165) is 24.2 Å². The lowest BCUT2D eigenvalue weighted by atomic mass is 9.94. The number of nitrogens with zero attached hydrogens (tertiary/aromatic N) is 1. The third-order valence-electron chi connectivity index (χ3n) is 5.80. The molecule has 0 aliphatic heterocycles. The molecule has 1 heterocycles. The Balaban J connectivity index is 2.22. The first kappa shape index (κ1) is 30.3. The maximum atomic E-state index is 13.4. The molecule has 0 saturated carbocycles. The van der Waals surface area contributed by atoms with Crippen molar-refractivity contribution in [1.82, 2.24) is 20.9 Å². The van der Waals surface area contributed by atoms with E-state index in [9.17, 15) is 24.6 Å². The van der Waals surface area contributed by atoms with Crippen molar-refractivity contribution in [3.8, 4) is 0 Å². The van der Waals surface area contributed by atoms with E-state index in [1.54, 1.807) is 37.0 Å². The van der Waals surface area contributed by atoms with Crippen LogP contribution in [0.3, 0.4) is 0 Å². The zero-order chi connectivity index (χ0) is 27.2. The number of nitrogens with one attached hydrogen (secondary N) is 3. The summed E-state index contributed by atoms with van der Waals surface area (Å²) in [5.74, 6) is -0.0582. The predicted molar refractivity (Wildman–Crippen MR) is 145 cm³/mol. The second kappa shape index (κ2) is 16.0. The Morgan fingerprint density at radius 3 is 2.35 bits per heavy atom. The minimum Gasteiger partial charge on any atom is -0.388 e. The molecule has 0 unspecified atom stereocenters. The third kappa shape index (κ3) is 10.5. The molecular weight excluding hydrogens is 492 g/mol. The second-order valence-electron chi connectivity index (χ2n) is 8.97.